The number of hydrogen-bond acceptors (Lipinski definition) is 13. The second-order valence-electron chi connectivity index (χ2n) is 11.2. The Morgan fingerprint density at radius 2 is 0.982 bits per heavy atom. The molecule has 0 fully saturated rings. The first-order chi connectivity index (χ1) is 26.4. The number of nitriles is 4. The maximum atomic E-state index is 13.7. The van der Waals surface area contributed by atoms with Crippen molar-refractivity contribution in [2.45, 2.75) is 13.1 Å². The van der Waals surface area contributed by atoms with E-state index in [1.165, 1.54) is 31.2 Å². The second-order valence-corrected chi connectivity index (χ2v) is 11.2. The van der Waals surface area contributed by atoms with Crippen LogP contribution in [0.1, 0.15) is 39.7 Å². The van der Waals surface area contributed by atoms with Crippen molar-refractivity contribution in [3.8, 4) is 24.3 Å². The van der Waals surface area contributed by atoms with Crippen LogP contribution in [0.15, 0.2) is 83.8 Å². The van der Waals surface area contributed by atoms with E-state index in [0.717, 1.165) is 12.1 Å². The van der Waals surface area contributed by atoms with Gasteiger partial charge in [0.1, 0.15) is 35.4 Å². The summed E-state index contributed by atoms with van der Waals surface area (Å²) in [5.74, 6) is -2.34. The Kier molecular flexibility index (Phi) is 8.06. The SMILES string of the molecule is [C-]#[N+]/C(=C1\N=c2cc(C)c(C(F)(F)F)cc2=N1)c1nc(C(C#N)=C2N=c3cc(C#N)c(C#N)cc3=N2)nc(C(C#N)=C2N=c3cc([N+]#[C-])c([N+]#[C-])cc3=N2)n1. The van der Waals surface area contributed by atoms with Gasteiger partial charge in [-0.25, -0.2) is 49.8 Å². The normalized spacial score (nSPS) is 13.6. The number of nitrogens with zero attached hydrogens (tertiary/aromatic N) is 16. The number of allylic oxidation sites excluding steroid dienone is 2. The predicted molar refractivity (Wildman–Crippen MR) is 176 cm³/mol. The molecule has 16 nitrogen and oxygen atoms in total. The lowest BCUT2D eigenvalue weighted by atomic mass is 10.1. The van der Waals surface area contributed by atoms with Crippen molar-refractivity contribution >= 4 is 28.2 Å². The first-order valence-electron chi connectivity index (χ1n) is 15.0. The van der Waals surface area contributed by atoms with E-state index in [2.05, 4.69) is 59.4 Å². The van der Waals surface area contributed by atoms with Crippen molar-refractivity contribution in [3.05, 3.63) is 160 Å². The zero-order valence-electron chi connectivity index (χ0n) is 27.3. The average molecular weight is 723 g/mol. The smallest absolute Gasteiger partial charge is 0.250 e. The molecule has 0 atom stereocenters. The van der Waals surface area contributed by atoms with Crippen LogP contribution in [-0.4, -0.2) is 15.0 Å². The summed E-state index contributed by atoms with van der Waals surface area (Å²) >= 11 is 0. The highest BCUT2D eigenvalue weighted by Gasteiger charge is 2.33. The van der Waals surface area contributed by atoms with Crippen molar-refractivity contribution < 1.29 is 13.2 Å². The molecule has 3 aromatic carbocycles. The van der Waals surface area contributed by atoms with Crippen molar-refractivity contribution in [1.82, 2.24) is 15.0 Å². The van der Waals surface area contributed by atoms with Gasteiger partial charge in [0.15, 0.2) is 46.3 Å². The summed E-state index contributed by atoms with van der Waals surface area (Å²) in [5, 5.41) is 40.1. The van der Waals surface area contributed by atoms with Crippen LogP contribution in [-0.2, 0) is 6.18 Å². The van der Waals surface area contributed by atoms with Crippen molar-refractivity contribution in [2.24, 2.45) is 30.0 Å². The number of alkyl halides is 3. The van der Waals surface area contributed by atoms with Gasteiger partial charge in [-0.2, -0.15) is 34.2 Å². The lowest BCUT2D eigenvalue weighted by molar-refractivity contribution is -0.138. The van der Waals surface area contributed by atoms with Crippen LogP contribution in [0, 0.1) is 72.0 Å². The Bertz CT molecular complexity index is 3080. The highest BCUT2D eigenvalue weighted by Crippen LogP contribution is 2.31. The largest absolute Gasteiger partial charge is 0.416 e. The Hall–Kier alpha value is -9.09. The highest BCUT2D eigenvalue weighted by atomic mass is 19.4. The van der Waals surface area contributed by atoms with Crippen LogP contribution in [0.25, 0.3) is 31.4 Å². The fourth-order valence-corrected chi connectivity index (χ4v) is 5.41. The van der Waals surface area contributed by atoms with E-state index in [4.69, 9.17) is 19.7 Å². The van der Waals surface area contributed by atoms with E-state index >= 15 is 0 Å². The Morgan fingerprint density at radius 3 is 1.38 bits per heavy atom. The molecule has 19 heteroatoms. The van der Waals surface area contributed by atoms with Crippen LogP contribution in [0.2, 0.25) is 0 Å². The van der Waals surface area contributed by atoms with Gasteiger partial charge in [-0.1, -0.05) is 0 Å². The molecule has 3 aliphatic rings. The van der Waals surface area contributed by atoms with Gasteiger partial charge < -0.3 is 0 Å². The third kappa shape index (κ3) is 5.85. The molecule has 4 heterocycles. The summed E-state index contributed by atoms with van der Waals surface area (Å²) < 4.78 is 41.1. The first kappa shape index (κ1) is 34.4. The second kappa shape index (κ2) is 12.9. The molecule has 7 rings (SSSR count). The third-order valence-electron chi connectivity index (χ3n) is 7.94. The van der Waals surface area contributed by atoms with E-state index in [9.17, 15) is 34.2 Å². The van der Waals surface area contributed by atoms with E-state index < -0.39 is 46.1 Å². The molecule has 254 valence electrons. The molecule has 3 aliphatic heterocycles. The van der Waals surface area contributed by atoms with Gasteiger partial charge in [0.2, 0.25) is 0 Å². The number of hydrogen-bond donors (Lipinski definition) is 0. The summed E-state index contributed by atoms with van der Waals surface area (Å²) in [6.07, 6.45) is -4.70. The molecular formula is C36H9F3N16. The molecule has 0 saturated heterocycles. The van der Waals surface area contributed by atoms with E-state index in [1.54, 1.807) is 0 Å². The Balaban J connectivity index is 1.51. The van der Waals surface area contributed by atoms with Crippen LogP contribution in [0.4, 0.5) is 24.5 Å². The van der Waals surface area contributed by atoms with Crippen LogP contribution >= 0.6 is 0 Å². The predicted octanol–water partition coefficient (Wildman–Crippen LogP) is 2.83. The molecule has 0 spiro atoms. The fourth-order valence-electron chi connectivity index (χ4n) is 5.41. The quantitative estimate of drug-likeness (QED) is 0.227. The molecule has 55 heavy (non-hydrogen) atoms. The Labute approximate surface area is 304 Å². The molecule has 0 aliphatic carbocycles. The summed E-state index contributed by atoms with van der Waals surface area (Å²) in [6.45, 7) is 24.0. The van der Waals surface area contributed by atoms with Gasteiger partial charge in [0, 0.05) is 0 Å². The van der Waals surface area contributed by atoms with Crippen molar-refractivity contribution in [1.29, 1.82) is 21.0 Å². The monoisotopic (exact) mass is 722 g/mol. The summed E-state index contributed by atoms with van der Waals surface area (Å²) in [7, 11) is 0. The highest BCUT2D eigenvalue weighted by molar-refractivity contribution is 5.81. The Morgan fingerprint density at radius 1 is 0.582 bits per heavy atom. The molecular weight excluding hydrogens is 714 g/mol. The van der Waals surface area contributed by atoms with Gasteiger partial charge in [0.25, 0.3) is 5.70 Å². The van der Waals surface area contributed by atoms with Gasteiger partial charge in [-0.15, -0.1) is 0 Å². The maximum Gasteiger partial charge on any atom is 0.416 e. The first-order valence-corrected chi connectivity index (χ1v) is 15.0. The zero-order valence-corrected chi connectivity index (χ0v) is 27.3. The third-order valence-corrected chi connectivity index (χ3v) is 7.94. The molecule has 0 radical (unpaired) electrons. The van der Waals surface area contributed by atoms with Crippen LogP contribution in [0.5, 0.6) is 0 Å². The van der Waals surface area contributed by atoms with Crippen molar-refractivity contribution in [2.75, 3.05) is 0 Å². The van der Waals surface area contributed by atoms with Crippen LogP contribution in [0.3, 0.4) is 0 Å². The lowest BCUT2D eigenvalue weighted by Crippen LogP contribution is -2.25. The number of benzene rings is 3. The molecule has 4 aromatic rings. The van der Waals surface area contributed by atoms with Gasteiger partial charge in [-0.05, 0) is 48.9 Å². The molecule has 0 unspecified atom stereocenters. The summed E-state index contributed by atoms with van der Waals surface area (Å²) in [5.41, 5.74) is -2.41. The summed E-state index contributed by atoms with van der Waals surface area (Å²) in [6, 6.07) is 14.8. The van der Waals surface area contributed by atoms with Crippen LogP contribution < -0.4 is 32.1 Å². The molecule has 0 amide bonds. The average Bonchev–Trinajstić information content (AvgIpc) is 3.89. The fraction of sp³-hybridized carbons (Fsp3) is 0.0556. The molecule has 0 bridgehead atoms. The standard InChI is InChI=1S/C36H9F3N16/c1-15-5-23-26(8-20(15)36(37,38)39)52-34(51-23)29(46-4)35-54-32(18(13-42)30-47-24-6-16(11-40)17(12-41)7-25(24)48-30)53-33(55-35)19(14-43)31-49-27-9-21(44-2)22(45-3)10-28(27)50-31/h5-10H,1H3/b34-29+. The summed E-state index contributed by atoms with van der Waals surface area (Å²) in [4.78, 5) is 48.7. The number of aryl methyl sites for hydroxylation is 1. The van der Waals surface area contributed by atoms with Gasteiger partial charge >= 0.3 is 6.18 Å². The lowest BCUT2D eigenvalue weighted by Gasteiger charge is -2.08. The number of aromatic nitrogens is 3. The van der Waals surface area contributed by atoms with E-state index in [-0.39, 0.29) is 77.7 Å². The molecule has 0 N–H and O–H groups in total. The maximum absolute atomic E-state index is 13.7. The number of halogens is 3. The van der Waals surface area contributed by atoms with Gasteiger partial charge in [-0.3, -0.25) is 9.69 Å². The zero-order chi connectivity index (χ0) is 39.2. The minimum Gasteiger partial charge on any atom is -0.250 e. The van der Waals surface area contributed by atoms with Gasteiger partial charge in [0.05, 0.1) is 68.6 Å². The molecule has 1 aromatic heterocycles. The van der Waals surface area contributed by atoms with E-state index in [1.807, 2.05) is 24.3 Å². The minimum atomic E-state index is -4.70. The minimum absolute atomic E-state index is 0.00278. The van der Waals surface area contributed by atoms with E-state index in [0.29, 0.717) is 0 Å². The number of fused-ring (bicyclic) bond motifs is 3. The van der Waals surface area contributed by atoms with Crippen molar-refractivity contribution in [3.63, 3.8) is 0 Å². The molecule has 0 saturated carbocycles. The topological polar surface area (TPSA) is 221 Å². The number of rotatable bonds is 3.